The highest BCUT2D eigenvalue weighted by Gasteiger charge is 2.40. The number of pyridine rings is 1. The fraction of sp³-hybridized carbons (Fsp3) is 0.565. The third kappa shape index (κ3) is 2.86. The van der Waals surface area contributed by atoms with Gasteiger partial charge in [0.2, 0.25) is 0 Å². The van der Waals surface area contributed by atoms with E-state index in [-0.39, 0.29) is 17.4 Å². The number of likely N-dealkylation sites (tertiary alicyclic amines) is 1. The second-order valence-electron chi connectivity index (χ2n) is 9.53. The second kappa shape index (κ2) is 6.93. The van der Waals surface area contributed by atoms with Gasteiger partial charge in [0.15, 0.2) is 5.82 Å². The maximum absolute atomic E-state index is 13.3. The van der Waals surface area contributed by atoms with Gasteiger partial charge in [0.05, 0.1) is 0 Å². The molecule has 1 aliphatic carbocycles. The van der Waals surface area contributed by atoms with E-state index < -0.39 is 0 Å². The number of anilines is 1. The number of hydrogen-bond acceptors (Lipinski definition) is 5. The number of carbonyl (C=O) groups excluding carboxylic acids is 1. The first kappa shape index (κ1) is 18.1. The van der Waals surface area contributed by atoms with Crippen LogP contribution in [0.5, 0.6) is 0 Å². The molecule has 6 rings (SSSR count). The summed E-state index contributed by atoms with van der Waals surface area (Å²) in [5.41, 5.74) is 1.31. The topological polar surface area (TPSA) is 71.3 Å². The van der Waals surface area contributed by atoms with Gasteiger partial charge in [0, 0.05) is 50.5 Å². The van der Waals surface area contributed by atoms with Gasteiger partial charge in [-0.05, 0) is 61.3 Å². The molecule has 7 nitrogen and oxygen atoms in total. The monoisotopic (exact) mass is 405 g/mol. The fourth-order valence-corrected chi connectivity index (χ4v) is 6.33. The van der Waals surface area contributed by atoms with Crippen molar-refractivity contribution in [2.45, 2.75) is 38.1 Å². The minimum absolute atomic E-state index is 0.0679. The molecule has 1 amide bonds. The van der Waals surface area contributed by atoms with Crippen molar-refractivity contribution in [2.24, 2.45) is 17.8 Å². The number of fused-ring (bicyclic) bond motifs is 5. The van der Waals surface area contributed by atoms with Gasteiger partial charge >= 0.3 is 0 Å². The molecule has 2 bridgehead atoms. The molecule has 4 aliphatic rings. The van der Waals surface area contributed by atoms with Crippen LogP contribution in [0.4, 0.5) is 5.82 Å². The van der Waals surface area contributed by atoms with Crippen LogP contribution in [0.15, 0.2) is 35.3 Å². The Morgan fingerprint density at radius 2 is 1.83 bits per heavy atom. The molecule has 2 aromatic rings. The van der Waals surface area contributed by atoms with Crippen molar-refractivity contribution in [1.29, 1.82) is 0 Å². The summed E-state index contributed by atoms with van der Waals surface area (Å²) in [6, 6.07) is 7.71. The van der Waals surface area contributed by atoms with Crippen molar-refractivity contribution >= 4 is 11.7 Å². The predicted octanol–water partition coefficient (Wildman–Crippen LogP) is 2.13. The fourth-order valence-electron chi connectivity index (χ4n) is 6.33. The molecule has 0 radical (unpaired) electrons. The highest BCUT2D eigenvalue weighted by Crippen LogP contribution is 2.39. The van der Waals surface area contributed by atoms with Crippen molar-refractivity contribution < 1.29 is 4.79 Å². The molecule has 0 spiro atoms. The standard InChI is InChI=1S/C23H27N5O2/c29-22(27-12-16-3-1-4-17(16)13-27)19-6-7-20-18-9-15(11-28(20)23(19)30)10-26(14-18)21-5-2-8-24-25-21/h2,5-8,15-18H,1,3-4,9-14H2/t15-,16-,17+,18+/m0/s1. The SMILES string of the molecule is O=C(c1ccc2n(c1=O)C[C@H]1C[C@@H]2CN(c2cccnn2)C1)N1C[C@H]2CCC[C@H]2C1. The molecular formula is C23H27N5O2. The summed E-state index contributed by atoms with van der Waals surface area (Å²) in [7, 11) is 0. The Morgan fingerprint density at radius 1 is 1.00 bits per heavy atom. The van der Waals surface area contributed by atoms with E-state index in [9.17, 15) is 9.59 Å². The summed E-state index contributed by atoms with van der Waals surface area (Å²) in [5.74, 6) is 2.77. The Kier molecular flexibility index (Phi) is 4.18. The molecule has 0 N–H and O–H groups in total. The zero-order chi connectivity index (χ0) is 20.2. The first-order chi connectivity index (χ1) is 14.7. The van der Waals surface area contributed by atoms with Crippen molar-refractivity contribution in [3.63, 3.8) is 0 Å². The quantitative estimate of drug-likeness (QED) is 0.766. The van der Waals surface area contributed by atoms with Crippen molar-refractivity contribution in [3.05, 3.63) is 52.1 Å². The van der Waals surface area contributed by atoms with Crippen LogP contribution >= 0.6 is 0 Å². The molecule has 2 saturated heterocycles. The molecule has 2 aromatic heterocycles. The van der Waals surface area contributed by atoms with Gasteiger partial charge in [-0.2, -0.15) is 5.10 Å². The van der Waals surface area contributed by atoms with Crippen molar-refractivity contribution in [2.75, 3.05) is 31.1 Å². The van der Waals surface area contributed by atoms with E-state index in [2.05, 4.69) is 15.1 Å². The van der Waals surface area contributed by atoms with E-state index in [4.69, 9.17) is 0 Å². The Labute approximate surface area is 175 Å². The lowest BCUT2D eigenvalue weighted by Crippen LogP contribution is -2.48. The maximum atomic E-state index is 13.3. The Morgan fingerprint density at radius 3 is 2.60 bits per heavy atom. The zero-order valence-corrected chi connectivity index (χ0v) is 17.1. The highest BCUT2D eigenvalue weighted by atomic mass is 16.2. The third-order valence-corrected chi connectivity index (χ3v) is 7.73. The summed E-state index contributed by atoms with van der Waals surface area (Å²) < 4.78 is 1.89. The molecule has 3 aliphatic heterocycles. The van der Waals surface area contributed by atoms with Crippen molar-refractivity contribution in [3.8, 4) is 0 Å². The van der Waals surface area contributed by atoms with E-state index >= 15 is 0 Å². The number of hydrogen-bond donors (Lipinski definition) is 0. The lowest BCUT2D eigenvalue weighted by Gasteiger charge is -2.43. The van der Waals surface area contributed by atoms with Gasteiger partial charge in [-0.1, -0.05) is 6.42 Å². The smallest absolute Gasteiger partial charge is 0.263 e. The van der Waals surface area contributed by atoms with Crippen LogP contribution in [0.3, 0.4) is 0 Å². The van der Waals surface area contributed by atoms with Crippen LogP contribution < -0.4 is 10.5 Å². The maximum Gasteiger partial charge on any atom is 0.263 e. The van der Waals surface area contributed by atoms with E-state index in [1.165, 1.54) is 19.3 Å². The lowest BCUT2D eigenvalue weighted by molar-refractivity contribution is 0.0777. The molecule has 3 fully saturated rings. The number of rotatable bonds is 2. The highest BCUT2D eigenvalue weighted by molar-refractivity contribution is 5.94. The molecule has 1 saturated carbocycles. The van der Waals surface area contributed by atoms with E-state index in [0.29, 0.717) is 29.9 Å². The van der Waals surface area contributed by atoms with E-state index in [1.54, 1.807) is 12.3 Å². The Hall–Kier alpha value is -2.70. The first-order valence-electron chi connectivity index (χ1n) is 11.2. The molecule has 4 atom stereocenters. The largest absolute Gasteiger partial charge is 0.354 e. The summed E-state index contributed by atoms with van der Waals surface area (Å²) in [6.07, 6.45) is 6.51. The summed E-state index contributed by atoms with van der Waals surface area (Å²) in [6.45, 7) is 4.02. The molecule has 7 heteroatoms. The molecule has 5 heterocycles. The number of aromatic nitrogens is 3. The molecule has 0 aromatic carbocycles. The summed E-state index contributed by atoms with van der Waals surface area (Å²) in [4.78, 5) is 30.7. The summed E-state index contributed by atoms with van der Waals surface area (Å²) >= 11 is 0. The van der Waals surface area contributed by atoms with Crippen LogP contribution in [0.25, 0.3) is 0 Å². The molecule has 0 unspecified atom stereocenters. The Balaban J connectivity index is 1.27. The van der Waals surface area contributed by atoms with Gasteiger partial charge in [-0.15, -0.1) is 5.10 Å². The van der Waals surface area contributed by atoms with Crippen LogP contribution in [0.1, 0.15) is 47.7 Å². The normalized spacial score (nSPS) is 29.6. The van der Waals surface area contributed by atoms with Crippen LogP contribution in [-0.4, -0.2) is 51.8 Å². The van der Waals surface area contributed by atoms with Gasteiger partial charge in [0.25, 0.3) is 11.5 Å². The molecule has 30 heavy (non-hydrogen) atoms. The number of nitrogens with zero attached hydrogens (tertiary/aromatic N) is 5. The van der Waals surface area contributed by atoms with Gasteiger partial charge in [-0.25, -0.2) is 0 Å². The molecule has 156 valence electrons. The minimum atomic E-state index is -0.0998. The third-order valence-electron chi connectivity index (χ3n) is 7.73. The van der Waals surface area contributed by atoms with Crippen LogP contribution in [-0.2, 0) is 6.54 Å². The molecular weight excluding hydrogens is 378 g/mol. The lowest BCUT2D eigenvalue weighted by atomic mass is 9.83. The Bertz CT molecular complexity index is 1020. The van der Waals surface area contributed by atoms with Crippen LogP contribution in [0, 0.1) is 17.8 Å². The summed E-state index contributed by atoms with van der Waals surface area (Å²) in [5, 5.41) is 8.28. The van der Waals surface area contributed by atoms with Gasteiger partial charge in [-0.3, -0.25) is 9.59 Å². The minimum Gasteiger partial charge on any atom is -0.354 e. The number of carbonyl (C=O) groups is 1. The van der Waals surface area contributed by atoms with E-state index in [1.807, 2.05) is 27.7 Å². The predicted molar refractivity (Wildman–Crippen MR) is 113 cm³/mol. The average molecular weight is 406 g/mol. The van der Waals surface area contributed by atoms with Crippen molar-refractivity contribution in [1.82, 2.24) is 19.7 Å². The zero-order valence-electron chi connectivity index (χ0n) is 17.1. The second-order valence-corrected chi connectivity index (χ2v) is 9.53. The average Bonchev–Trinajstić information content (AvgIpc) is 3.37. The van der Waals surface area contributed by atoms with Gasteiger partial charge < -0.3 is 14.4 Å². The number of piperidine rings is 1. The first-order valence-corrected chi connectivity index (χ1v) is 11.2. The van der Waals surface area contributed by atoms with Gasteiger partial charge in [0.1, 0.15) is 5.56 Å². The van der Waals surface area contributed by atoms with E-state index in [0.717, 1.165) is 44.1 Å². The number of amides is 1. The van der Waals surface area contributed by atoms with Crippen LogP contribution in [0.2, 0.25) is 0 Å².